The van der Waals surface area contributed by atoms with Crippen molar-refractivity contribution in [3.05, 3.63) is 120 Å². The molecule has 0 amide bonds. The standard InChI is InChI=1S/C29H25NO2/c1-30-28-15-9-8-14-24(28)18-29(30)25-16-26(31-20-22-10-4-2-5-11-22)19-27(17-25)32-21-23-12-6-3-7-13-23/h2-19H,20-21H2,1H3. The Kier molecular flexibility index (Phi) is 5.63. The zero-order valence-electron chi connectivity index (χ0n) is 18.1. The third-order valence-corrected chi connectivity index (χ3v) is 5.62. The van der Waals surface area contributed by atoms with Crippen LogP contribution in [0.4, 0.5) is 0 Å². The predicted molar refractivity (Wildman–Crippen MR) is 130 cm³/mol. The molecule has 0 radical (unpaired) electrons. The van der Waals surface area contributed by atoms with Gasteiger partial charge in [-0.25, -0.2) is 0 Å². The van der Waals surface area contributed by atoms with Crippen LogP contribution in [0, 0.1) is 0 Å². The highest BCUT2D eigenvalue weighted by Gasteiger charge is 2.11. The summed E-state index contributed by atoms with van der Waals surface area (Å²) in [6, 6.07) is 37.2. The van der Waals surface area contributed by atoms with E-state index in [2.05, 4.69) is 78.3 Å². The van der Waals surface area contributed by atoms with Crippen LogP contribution >= 0.6 is 0 Å². The molecule has 0 unspecified atom stereocenters. The highest BCUT2D eigenvalue weighted by Crippen LogP contribution is 2.33. The molecule has 0 aliphatic heterocycles. The molecule has 32 heavy (non-hydrogen) atoms. The molecule has 0 saturated heterocycles. The number of fused-ring (bicyclic) bond motifs is 1. The number of hydrogen-bond donors (Lipinski definition) is 0. The third kappa shape index (κ3) is 4.37. The monoisotopic (exact) mass is 419 g/mol. The van der Waals surface area contributed by atoms with Gasteiger partial charge in [0, 0.05) is 35.3 Å². The number of para-hydroxylation sites is 1. The van der Waals surface area contributed by atoms with Crippen molar-refractivity contribution < 1.29 is 9.47 Å². The fourth-order valence-electron chi connectivity index (χ4n) is 3.93. The van der Waals surface area contributed by atoms with E-state index in [1.54, 1.807) is 0 Å². The molecule has 0 aliphatic carbocycles. The van der Waals surface area contributed by atoms with E-state index in [-0.39, 0.29) is 0 Å². The first-order valence-corrected chi connectivity index (χ1v) is 10.8. The Morgan fingerprint density at radius 2 is 1.12 bits per heavy atom. The van der Waals surface area contributed by atoms with Gasteiger partial charge in [0.1, 0.15) is 24.7 Å². The van der Waals surface area contributed by atoms with Gasteiger partial charge in [0.05, 0.1) is 0 Å². The largest absolute Gasteiger partial charge is 0.489 e. The lowest BCUT2D eigenvalue weighted by molar-refractivity contribution is 0.290. The minimum Gasteiger partial charge on any atom is -0.489 e. The fraction of sp³-hybridized carbons (Fsp3) is 0.103. The van der Waals surface area contributed by atoms with Gasteiger partial charge in [-0.3, -0.25) is 0 Å². The van der Waals surface area contributed by atoms with Crippen molar-refractivity contribution in [2.24, 2.45) is 7.05 Å². The summed E-state index contributed by atoms with van der Waals surface area (Å²) in [6.07, 6.45) is 0. The Bertz CT molecular complexity index is 1260. The second kappa shape index (κ2) is 9.03. The molecule has 0 bridgehead atoms. The quantitative estimate of drug-likeness (QED) is 0.283. The van der Waals surface area contributed by atoms with Gasteiger partial charge in [-0.1, -0.05) is 78.9 Å². The van der Waals surface area contributed by atoms with Gasteiger partial charge in [0.2, 0.25) is 0 Å². The number of nitrogens with zero attached hydrogens (tertiary/aromatic N) is 1. The topological polar surface area (TPSA) is 23.4 Å². The van der Waals surface area contributed by atoms with Crippen LogP contribution in [0.3, 0.4) is 0 Å². The van der Waals surface area contributed by atoms with Crippen molar-refractivity contribution in [3.63, 3.8) is 0 Å². The summed E-state index contributed by atoms with van der Waals surface area (Å²) in [6.45, 7) is 1.02. The average Bonchev–Trinajstić information content (AvgIpc) is 3.19. The first-order valence-electron chi connectivity index (χ1n) is 10.8. The summed E-state index contributed by atoms with van der Waals surface area (Å²) < 4.78 is 14.6. The molecule has 0 atom stereocenters. The first kappa shape index (κ1) is 20.0. The number of aryl methyl sites for hydroxylation is 1. The van der Waals surface area contributed by atoms with Crippen molar-refractivity contribution in [1.29, 1.82) is 0 Å². The van der Waals surface area contributed by atoms with E-state index in [1.807, 2.05) is 42.5 Å². The van der Waals surface area contributed by atoms with Crippen LogP contribution in [-0.4, -0.2) is 4.57 Å². The van der Waals surface area contributed by atoms with Crippen molar-refractivity contribution in [1.82, 2.24) is 4.57 Å². The van der Waals surface area contributed by atoms with E-state index < -0.39 is 0 Å². The number of benzene rings is 4. The SMILES string of the molecule is Cn1c(-c2cc(OCc3ccccc3)cc(OCc3ccccc3)c2)cc2ccccc21. The Balaban J connectivity index is 1.48. The van der Waals surface area contributed by atoms with Gasteiger partial charge in [-0.15, -0.1) is 0 Å². The summed E-state index contributed by atoms with van der Waals surface area (Å²) in [4.78, 5) is 0. The molecule has 0 N–H and O–H groups in total. The van der Waals surface area contributed by atoms with Crippen molar-refractivity contribution >= 4 is 10.9 Å². The average molecular weight is 420 g/mol. The van der Waals surface area contributed by atoms with E-state index >= 15 is 0 Å². The maximum absolute atomic E-state index is 6.17. The van der Waals surface area contributed by atoms with Crippen LogP contribution in [0.5, 0.6) is 11.5 Å². The fourth-order valence-corrected chi connectivity index (χ4v) is 3.93. The van der Waals surface area contributed by atoms with Crippen molar-refractivity contribution in [2.75, 3.05) is 0 Å². The van der Waals surface area contributed by atoms with Gasteiger partial charge in [0.15, 0.2) is 0 Å². The second-order valence-electron chi connectivity index (χ2n) is 7.89. The third-order valence-electron chi connectivity index (χ3n) is 5.62. The van der Waals surface area contributed by atoms with E-state index in [0.717, 1.165) is 33.9 Å². The van der Waals surface area contributed by atoms with Crippen LogP contribution in [0.15, 0.2) is 109 Å². The summed E-state index contributed by atoms with van der Waals surface area (Å²) in [5, 5.41) is 1.22. The molecule has 3 nitrogen and oxygen atoms in total. The Morgan fingerprint density at radius 3 is 1.69 bits per heavy atom. The highest BCUT2D eigenvalue weighted by atomic mass is 16.5. The summed E-state index contributed by atoms with van der Waals surface area (Å²) in [5.41, 5.74) is 5.66. The zero-order chi connectivity index (χ0) is 21.8. The number of ether oxygens (including phenoxy) is 2. The zero-order valence-corrected chi connectivity index (χ0v) is 18.1. The van der Waals surface area contributed by atoms with E-state index in [0.29, 0.717) is 13.2 Å². The van der Waals surface area contributed by atoms with Gasteiger partial charge in [-0.2, -0.15) is 0 Å². The first-order chi connectivity index (χ1) is 15.8. The lowest BCUT2D eigenvalue weighted by atomic mass is 10.1. The molecule has 0 fully saturated rings. The number of aromatic nitrogens is 1. The van der Waals surface area contributed by atoms with Gasteiger partial charge >= 0.3 is 0 Å². The Morgan fingerprint density at radius 1 is 0.594 bits per heavy atom. The molecule has 5 aromatic rings. The summed E-state index contributed by atoms with van der Waals surface area (Å²) >= 11 is 0. The van der Waals surface area contributed by atoms with Gasteiger partial charge < -0.3 is 14.0 Å². The normalized spacial score (nSPS) is 10.9. The molecule has 0 spiro atoms. The lowest BCUT2D eigenvalue weighted by Crippen LogP contribution is -1.99. The van der Waals surface area contributed by atoms with E-state index in [1.165, 1.54) is 10.9 Å². The summed E-state index contributed by atoms with van der Waals surface area (Å²) in [5.74, 6) is 1.58. The van der Waals surface area contributed by atoms with Gasteiger partial charge in [-0.05, 0) is 35.4 Å². The van der Waals surface area contributed by atoms with Gasteiger partial charge in [0.25, 0.3) is 0 Å². The Labute approximate surface area is 188 Å². The number of hydrogen-bond acceptors (Lipinski definition) is 2. The lowest BCUT2D eigenvalue weighted by Gasteiger charge is -2.13. The van der Waals surface area contributed by atoms with Crippen molar-refractivity contribution in [3.8, 4) is 22.8 Å². The van der Waals surface area contributed by atoms with Crippen LogP contribution in [-0.2, 0) is 20.3 Å². The molecule has 1 heterocycles. The van der Waals surface area contributed by atoms with E-state index in [4.69, 9.17) is 9.47 Å². The smallest absolute Gasteiger partial charge is 0.124 e. The molecule has 4 aromatic carbocycles. The maximum atomic E-state index is 6.17. The molecule has 1 aromatic heterocycles. The van der Waals surface area contributed by atoms with Crippen LogP contribution in [0.25, 0.3) is 22.2 Å². The molecular formula is C29H25NO2. The molecule has 3 heteroatoms. The highest BCUT2D eigenvalue weighted by molar-refractivity contribution is 5.87. The van der Waals surface area contributed by atoms with Crippen LogP contribution in [0.1, 0.15) is 11.1 Å². The summed E-state index contributed by atoms with van der Waals surface area (Å²) in [7, 11) is 2.10. The maximum Gasteiger partial charge on any atom is 0.124 e. The van der Waals surface area contributed by atoms with Crippen molar-refractivity contribution in [2.45, 2.75) is 13.2 Å². The minimum absolute atomic E-state index is 0.511. The van der Waals surface area contributed by atoms with Crippen LogP contribution < -0.4 is 9.47 Å². The minimum atomic E-state index is 0.511. The van der Waals surface area contributed by atoms with E-state index in [9.17, 15) is 0 Å². The molecule has 0 saturated carbocycles. The molecule has 158 valence electrons. The number of rotatable bonds is 7. The predicted octanol–water partition coefficient (Wildman–Crippen LogP) is 7.00. The molecule has 5 rings (SSSR count). The molecule has 0 aliphatic rings. The Hall–Kier alpha value is -3.98. The van der Waals surface area contributed by atoms with Crippen LogP contribution in [0.2, 0.25) is 0 Å². The second-order valence-corrected chi connectivity index (χ2v) is 7.89. The molecular weight excluding hydrogens is 394 g/mol.